The molecule has 2 aromatic heterocycles. The van der Waals surface area contributed by atoms with Crippen LogP contribution in [0.3, 0.4) is 0 Å². The molecule has 0 bridgehead atoms. The summed E-state index contributed by atoms with van der Waals surface area (Å²) in [6.45, 7) is 2.51. The lowest BCUT2D eigenvalue weighted by molar-refractivity contribution is -0.117. The molecule has 25 heavy (non-hydrogen) atoms. The topological polar surface area (TPSA) is 64.7 Å². The van der Waals surface area contributed by atoms with Crippen molar-refractivity contribution < 1.29 is 4.79 Å². The zero-order valence-corrected chi connectivity index (χ0v) is 17.1. The quantitative estimate of drug-likeness (QED) is 0.585. The fourth-order valence-electron chi connectivity index (χ4n) is 2.25. The first-order chi connectivity index (χ1) is 11.9. The fraction of sp³-hybridized carbons (Fsp3) is 0.188. The smallest absolute Gasteiger partial charge is 0.247 e. The predicted molar refractivity (Wildman–Crippen MR) is 104 cm³/mol. The molecule has 1 aromatic carbocycles. The average molecular weight is 488 g/mol. The minimum absolute atomic E-state index is 0.112. The molecule has 0 spiro atoms. The number of nitrogens with one attached hydrogen (secondary N) is 1. The summed E-state index contributed by atoms with van der Waals surface area (Å²) in [5.74, 6) is 0.253. The summed E-state index contributed by atoms with van der Waals surface area (Å²) in [7, 11) is 0. The van der Waals surface area contributed by atoms with Crippen LogP contribution in [0.4, 0.5) is 5.82 Å². The predicted octanol–water partition coefficient (Wildman–Crippen LogP) is 4.25. The molecule has 130 valence electrons. The number of carbonyl (C=O) groups excluding carboxylic acids is 1. The van der Waals surface area contributed by atoms with Crippen molar-refractivity contribution in [1.82, 2.24) is 19.6 Å². The van der Waals surface area contributed by atoms with E-state index in [9.17, 15) is 4.79 Å². The third-order valence-corrected chi connectivity index (χ3v) is 5.33. The molecule has 0 aliphatic carbocycles. The second-order valence-electron chi connectivity index (χ2n) is 5.40. The van der Waals surface area contributed by atoms with E-state index in [1.165, 1.54) is 0 Å². The van der Waals surface area contributed by atoms with E-state index >= 15 is 0 Å². The van der Waals surface area contributed by atoms with Crippen LogP contribution < -0.4 is 5.32 Å². The van der Waals surface area contributed by atoms with E-state index in [2.05, 4.69) is 47.4 Å². The molecule has 1 amide bonds. The Hall–Kier alpha value is -1.64. The molecule has 0 fully saturated rings. The molecule has 2 heterocycles. The molecule has 3 aromatic rings. The lowest BCUT2D eigenvalue weighted by Gasteiger charge is -2.06. The van der Waals surface area contributed by atoms with E-state index in [0.717, 1.165) is 15.7 Å². The van der Waals surface area contributed by atoms with E-state index in [4.69, 9.17) is 11.6 Å². The van der Waals surface area contributed by atoms with Crippen molar-refractivity contribution in [2.75, 3.05) is 5.32 Å². The highest BCUT2D eigenvalue weighted by Gasteiger charge is 2.13. The van der Waals surface area contributed by atoms with Crippen molar-refractivity contribution in [2.24, 2.45) is 0 Å². The van der Waals surface area contributed by atoms with Gasteiger partial charge in [-0.05, 0) is 50.4 Å². The van der Waals surface area contributed by atoms with Crippen LogP contribution in [0.25, 0.3) is 0 Å². The molecule has 0 radical (unpaired) electrons. The van der Waals surface area contributed by atoms with Gasteiger partial charge in [-0.3, -0.25) is 14.2 Å². The molecular weight excluding hydrogens is 473 g/mol. The first-order valence-corrected chi connectivity index (χ1v) is 9.34. The van der Waals surface area contributed by atoms with Gasteiger partial charge in [-0.1, -0.05) is 29.8 Å². The van der Waals surface area contributed by atoms with E-state index in [-0.39, 0.29) is 12.5 Å². The number of anilines is 1. The molecule has 6 nitrogen and oxygen atoms in total. The maximum Gasteiger partial charge on any atom is 0.247 e. The van der Waals surface area contributed by atoms with E-state index < -0.39 is 0 Å². The summed E-state index contributed by atoms with van der Waals surface area (Å²) in [6, 6.07) is 7.58. The van der Waals surface area contributed by atoms with Crippen molar-refractivity contribution in [3.8, 4) is 0 Å². The van der Waals surface area contributed by atoms with E-state index in [1.807, 2.05) is 31.2 Å². The molecular formula is C16H14Br2ClN5O. The first-order valence-electron chi connectivity index (χ1n) is 7.38. The highest BCUT2D eigenvalue weighted by molar-refractivity contribution is 9.10. The number of rotatable bonds is 5. The number of amides is 1. The number of carbonyl (C=O) groups is 1. The molecule has 0 unspecified atom stereocenters. The Morgan fingerprint density at radius 1 is 1.28 bits per heavy atom. The molecule has 0 saturated carbocycles. The maximum absolute atomic E-state index is 12.2. The number of hydrogen-bond acceptors (Lipinski definition) is 3. The molecule has 0 aliphatic heterocycles. The summed E-state index contributed by atoms with van der Waals surface area (Å²) in [6.07, 6.45) is 3.46. The van der Waals surface area contributed by atoms with Crippen LogP contribution in [-0.2, 0) is 17.9 Å². The molecule has 0 aliphatic rings. The van der Waals surface area contributed by atoms with Gasteiger partial charge < -0.3 is 5.32 Å². The largest absolute Gasteiger partial charge is 0.307 e. The summed E-state index contributed by atoms with van der Waals surface area (Å²) in [5, 5.41) is 12.0. The second-order valence-corrected chi connectivity index (χ2v) is 7.51. The van der Waals surface area contributed by atoms with Gasteiger partial charge in [0, 0.05) is 11.2 Å². The van der Waals surface area contributed by atoms with Crippen LogP contribution >= 0.6 is 43.5 Å². The van der Waals surface area contributed by atoms with Crippen molar-refractivity contribution >= 4 is 55.2 Å². The number of benzene rings is 1. The van der Waals surface area contributed by atoms with Crippen LogP contribution in [0.2, 0.25) is 5.02 Å². The Bertz CT molecular complexity index is 921. The third-order valence-electron chi connectivity index (χ3n) is 3.60. The normalized spacial score (nSPS) is 10.9. The number of nitrogens with zero attached hydrogens (tertiary/aromatic N) is 4. The number of halogens is 3. The van der Waals surface area contributed by atoms with Gasteiger partial charge >= 0.3 is 0 Å². The summed E-state index contributed by atoms with van der Waals surface area (Å²) in [5.41, 5.74) is 1.84. The Labute approximate surface area is 166 Å². The monoisotopic (exact) mass is 485 g/mol. The van der Waals surface area contributed by atoms with Gasteiger partial charge in [0.15, 0.2) is 5.82 Å². The zero-order valence-electron chi connectivity index (χ0n) is 13.2. The van der Waals surface area contributed by atoms with Gasteiger partial charge in [0.1, 0.15) is 6.54 Å². The highest BCUT2D eigenvalue weighted by Crippen LogP contribution is 2.23. The fourth-order valence-corrected chi connectivity index (χ4v) is 3.16. The standard InChI is InChI=1S/C16H14Br2ClN5O/c1-10-12(17)6-20-24(10)9-15(25)21-16-13(18)8-23(22-16)7-11-4-2-3-5-14(11)19/h2-6,8H,7,9H2,1H3,(H,21,22,25). The Morgan fingerprint density at radius 2 is 2.04 bits per heavy atom. The van der Waals surface area contributed by atoms with Crippen LogP contribution in [0.5, 0.6) is 0 Å². The minimum atomic E-state index is -0.206. The zero-order chi connectivity index (χ0) is 18.0. The Morgan fingerprint density at radius 3 is 2.72 bits per heavy atom. The summed E-state index contributed by atoms with van der Waals surface area (Å²) in [4.78, 5) is 12.2. The van der Waals surface area contributed by atoms with Crippen molar-refractivity contribution in [3.63, 3.8) is 0 Å². The maximum atomic E-state index is 12.2. The van der Waals surface area contributed by atoms with Crippen LogP contribution in [0, 0.1) is 6.92 Å². The van der Waals surface area contributed by atoms with Crippen molar-refractivity contribution in [3.05, 3.63) is 61.9 Å². The number of aromatic nitrogens is 4. The first kappa shape index (κ1) is 18.2. The van der Waals surface area contributed by atoms with E-state index in [0.29, 0.717) is 21.9 Å². The van der Waals surface area contributed by atoms with Crippen molar-refractivity contribution in [1.29, 1.82) is 0 Å². The van der Waals surface area contributed by atoms with E-state index in [1.54, 1.807) is 21.8 Å². The van der Waals surface area contributed by atoms with Crippen LogP contribution in [-0.4, -0.2) is 25.5 Å². The Balaban J connectivity index is 1.69. The molecule has 0 atom stereocenters. The van der Waals surface area contributed by atoms with Crippen LogP contribution in [0.1, 0.15) is 11.3 Å². The second kappa shape index (κ2) is 7.72. The average Bonchev–Trinajstić information content (AvgIpc) is 3.06. The molecule has 0 saturated heterocycles. The molecule has 3 rings (SSSR count). The van der Waals surface area contributed by atoms with Gasteiger partial charge in [-0.15, -0.1) is 0 Å². The molecule has 9 heteroatoms. The third kappa shape index (κ3) is 4.31. The van der Waals surface area contributed by atoms with Gasteiger partial charge in [0.25, 0.3) is 0 Å². The van der Waals surface area contributed by atoms with Gasteiger partial charge in [0.05, 0.1) is 27.4 Å². The van der Waals surface area contributed by atoms with Gasteiger partial charge in [-0.2, -0.15) is 10.2 Å². The highest BCUT2D eigenvalue weighted by atomic mass is 79.9. The minimum Gasteiger partial charge on any atom is -0.307 e. The lowest BCUT2D eigenvalue weighted by Crippen LogP contribution is -2.20. The van der Waals surface area contributed by atoms with Gasteiger partial charge in [-0.25, -0.2) is 0 Å². The summed E-state index contributed by atoms with van der Waals surface area (Å²) >= 11 is 13.0. The van der Waals surface area contributed by atoms with Crippen LogP contribution in [0.15, 0.2) is 45.6 Å². The van der Waals surface area contributed by atoms with Gasteiger partial charge in [0.2, 0.25) is 5.91 Å². The van der Waals surface area contributed by atoms with Crippen molar-refractivity contribution in [2.45, 2.75) is 20.0 Å². The SMILES string of the molecule is Cc1c(Br)cnn1CC(=O)Nc1nn(Cc2ccccc2Cl)cc1Br. The molecule has 1 N–H and O–H groups in total. The Kier molecular flexibility index (Phi) is 5.61. The lowest BCUT2D eigenvalue weighted by atomic mass is 10.2. The number of hydrogen-bond donors (Lipinski definition) is 1. The summed E-state index contributed by atoms with van der Waals surface area (Å²) < 4.78 is 4.90.